The van der Waals surface area contributed by atoms with Gasteiger partial charge in [-0.15, -0.1) is 0 Å². The molecule has 0 amide bonds. The Labute approximate surface area is 348 Å². The van der Waals surface area contributed by atoms with E-state index in [1.165, 1.54) is 44.5 Å². The van der Waals surface area contributed by atoms with Crippen LogP contribution >= 0.6 is 0 Å². The number of anilines is 1. The first kappa shape index (κ1) is 36.1. The molecule has 1 heterocycles. The van der Waals surface area contributed by atoms with Crippen molar-refractivity contribution < 1.29 is 0 Å². The van der Waals surface area contributed by atoms with Gasteiger partial charge in [0.15, 0.2) is 0 Å². The second kappa shape index (κ2) is 14.9. The van der Waals surface area contributed by atoms with Crippen LogP contribution in [0.3, 0.4) is 0 Å². The molecule has 1 aliphatic rings. The Morgan fingerprint density at radius 3 is 0.559 bits per heavy atom. The summed E-state index contributed by atoms with van der Waals surface area (Å²) in [6, 6.07) is 102. The summed E-state index contributed by atoms with van der Waals surface area (Å²) in [5.74, 6) is 0. The van der Waals surface area contributed by atoms with E-state index in [4.69, 9.17) is 0 Å². The summed E-state index contributed by atoms with van der Waals surface area (Å²) in [7, 11) is 0. The van der Waals surface area contributed by atoms with Gasteiger partial charge in [-0.1, -0.05) is 261 Å². The molecular weight excluding hydrogens is 711 g/mol. The Morgan fingerprint density at radius 1 is 0.186 bits per heavy atom. The molecule has 0 spiro atoms. The first-order chi connectivity index (χ1) is 29.3. The highest BCUT2D eigenvalue weighted by Gasteiger charge is 2.84. The van der Waals surface area contributed by atoms with Gasteiger partial charge < -0.3 is 4.90 Å². The molecule has 1 saturated heterocycles. The van der Waals surface area contributed by atoms with Gasteiger partial charge >= 0.3 is 0 Å². The molecule has 0 unspecified atom stereocenters. The van der Waals surface area contributed by atoms with Crippen LogP contribution < -0.4 is 4.90 Å². The molecule has 0 bridgehead atoms. The van der Waals surface area contributed by atoms with Gasteiger partial charge in [0.2, 0.25) is 0 Å². The van der Waals surface area contributed by atoms with Gasteiger partial charge in [-0.25, -0.2) is 0 Å². The van der Waals surface area contributed by atoms with E-state index in [9.17, 15) is 0 Å². The normalized spacial score (nSPS) is 16.0. The average molecular weight is 756 g/mol. The van der Waals surface area contributed by atoms with Crippen molar-refractivity contribution in [1.29, 1.82) is 0 Å². The topological polar surface area (TPSA) is 3.24 Å². The van der Waals surface area contributed by atoms with Crippen molar-refractivity contribution in [3.8, 4) is 0 Å². The fraction of sp³-hybridized carbons (Fsp3) is 0.0690. The highest BCUT2D eigenvalue weighted by molar-refractivity contribution is 5.82. The summed E-state index contributed by atoms with van der Waals surface area (Å²) in [5, 5.41) is 0. The molecule has 0 aromatic heterocycles. The molecule has 1 heteroatoms. The monoisotopic (exact) mass is 755 g/mol. The summed E-state index contributed by atoms with van der Waals surface area (Å²) < 4.78 is 0. The molecule has 1 aliphatic heterocycles. The highest BCUT2D eigenvalue weighted by Crippen LogP contribution is 2.79. The first-order valence-electron chi connectivity index (χ1n) is 20.6. The number of nitrogens with zero attached hydrogens (tertiary/aromatic N) is 1. The Bertz CT molecular complexity index is 2390. The van der Waals surface area contributed by atoms with Crippen LogP contribution in [0.2, 0.25) is 0 Å². The summed E-state index contributed by atoms with van der Waals surface area (Å²) in [6.45, 7) is 0. The molecule has 0 aliphatic carbocycles. The van der Waals surface area contributed by atoms with Crippen molar-refractivity contribution in [1.82, 2.24) is 0 Å². The van der Waals surface area contributed by atoms with E-state index in [0.29, 0.717) is 0 Å². The van der Waals surface area contributed by atoms with Crippen LogP contribution in [0.15, 0.2) is 273 Å². The Balaban J connectivity index is 1.67. The van der Waals surface area contributed by atoms with Crippen LogP contribution in [0.4, 0.5) is 5.69 Å². The van der Waals surface area contributed by atoms with Crippen LogP contribution in [0.5, 0.6) is 0 Å². The minimum atomic E-state index is -0.961. The van der Waals surface area contributed by atoms with Crippen molar-refractivity contribution in [3.05, 3.63) is 317 Å². The molecule has 10 rings (SSSR count). The number of rotatable bonds is 9. The Morgan fingerprint density at radius 2 is 0.356 bits per heavy atom. The van der Waals surface area contributed by atoms with Gasteiger partial charge in [0.05, 0.1) is 10.8 Å². The van der Waals surface area contributed by atoms with E-state index in [0.717, 1.165) is 5.69 Å². The largest absolute Gasteiger partial charge is 0.341 e. The minimum Gasteiger partial charge on any atom is -0.341 e. The van der Waals surface area contributed by atoms with Gasteiger partial charge in [0, 0.05) is 5.69 Å². The van der Waals surface area contributed by atoms with E-state index < -0.39 is 21.9 Å². The first-order valence-corrected chi connectivity index (χ1v) is 20.6. The van der Waals surface area contributed by atoms with E-state index in [2.05, 4.69) is 278 Å². The van der Waals surface area contributed by atoms with E-state index in [1.54, 1.807) is 0 Å². The lowest BCUT2D eigenvalue weighted by molar-refractivity contribution is 0.245. The fourth-order valence-corrected chi connectivity index (χ4v) is 11.3. The fourth-order valence-electron chi connectivity index (χ4n) is 11.3. The summed E-state index contributed by atoms with van der Waals surface area (Å²) >= 11 is 0. The molecule has 9 aromatic rings. The Hall–Kier alpha value is -7.22. The van der Waals surface area contributed by atoms with Crippen LogP contribution in [0, 0.1) is 0 Å². The molecule has 59 heavy (non-hydrogen) atoms. The second-order valence-electron chi connectivity index (χ2n) is 15.5. The minimum absolute atomic E-state index is 0.935. The lowest BCUT2D eigenvalue weighted by atomic mass is 9.41. The average Bonchev–Trinajstić information content (AvgIpc) is 3.58. The standard InChI is InChI=1S/C58H45N/c1-10-28-46(29-11-1)55(47-30-12-2-13-31-47)56(48-32-14-3-15-33-48,49-34-16-4-17-35-49)58(52-40-22-7-23-41-52,53-42-24-8-25-43-53)59(54-44-26-9-27-45-54)57(55,50-36-18-5-19-37-50)51-38-20-6-21-39-51/h1-45H. The van der Waals surface area contributed by atoms with Crippen LogP contribution in [0.1, 0.15) is 44.5 Å². The van der Waals surface area contributed by atoms with Gasteiger partial charge in [0.25, 0.3) is 0 Å². The third kappa shape index (κ3) is 4.98. The number of hydrogen-bond donors (Lipinski definition) is 0. The van der Waals surface area contributed by atoms with Gasteiger partial charge in [-0.3, -0.25) is 0 Å². The predicted octanol–water partition coefficient (Wildman–Crippen LogP) is 13.4. The zero-order valence-corrected chi connectivity index (χ0v) is 32.9. The maximum absolute atomic E-state index is 2.86. The van der Waals surface area contributed by atoms with Crippen molar-refractivity contribution in [2.45, 2.75) is 21.9 Å². The van der Waals surface area contributed by atoms with Gasteiger partial charge in [0.1, 0.15) is 11.1 Å². The summed E-state index contributed by atoms with van der Waals surface area (Å²) in [6.07, 6.45) is 0. The van der Waals surface area contributed by atoms with Crippen molar-refractivity contribution >= 4 is 5.69 Å². The molecule has 0 radical (unpaired) electrons. The van der Waals surface area contributed by atoms with Crippen molar-refractivity contribution in [2.24, 2.45) is 0 Å². The van der Waals surface area contributed by atoms with Crippen molar-refractivity contribution in [2.75, 3.05) is 4.90 Å². The smallest absolute Gasteiger partial charge is 0.107 e. The quantitative estimate of drug-likeness (QED) is 0.142. The van der Waals surface area contributed by atoms with Crippen LogP contribution in [0.25, 0.3) is 0 Å². The maximum atomic E-state index is 2.86. The lowest BCUT2D eigenvalue weighted by Crippen LogP contribution is -2.62. The molecule has 1 fully saturated rings. The third-order valence-corrected chi connectivity index (χ3v) is 12.9. The molecule has 0 atom stereocenters. The SMILES string of the molecule is c1ccc(N2C(c3ccccc3)(c3ccccc3)C(c3ccccc3)(c3ccccc3)C(c3ccccc3)(c3ccccc3)C2(c2ccccc2)c2ccccc2)cc1. The molecule has 9 aromatic carbocycles. The van der Waals surface area contributed by atoms with Crippen LogP contribution in [-0.2, 0) is 21.9 Å². The van der Waals surface area contributed by atoms with Crippen molar-refractivity contribution in [3.63, 3.8) is 0 Å². The predicted molar refractivity (Wildman–Crippen MR) is 244 cm³/mol. The summed E-state index contributed by atoms with van der Waals surface area (Å²) in [4.78, 5) is 2.86. The number of benzene rings is 9. The van der Waals surface area contributed by atoms with Crippen LogP contribution in [-0.4, -0.2) is 0 Å². The van der Waals surface area contributed by atoms with E-state index >= 15 is 0 Å². The molecular formula is C58H45N. The zero-order valence-electron chi connectivity index (χ0n) is 32.9. The lowest BCUT2D eigenvalue weighted by Gasteiger charge is -2.57. The molecule has 0 saturated carbocycles. The highest BCUT2D eigenvalue weighted by atomic mass is 15.3. The number of para-hydroxylation sites is 1. The maximum Gasteiger partial charge on any atom is 0.107 e. The zero-order chi connectivity index (χ0) is 39.6. The van der Waals surface area contributed by atoms with E-state index in [1.807, 2.05) is 0 Å². The second-order valence-corrected chi connectivity index (χ2v) is 15.5. The third-order valence-electron chi connectivity index (χ3n) is 12.9. The molecule has 0 N–H and O–H groups in total. The van der Waals surface area contributed by atoms with Gasteiger partial charge in [-0.05, 0) is 56.6 Å². The van der Waals surface area contributed by atoms with E-state index in [-0.39, 0.29) is 0 Å². The summed E-state index contributed by atoms with van der Waals surface area (Å²) in [5.41, 5.74) is 6.91. The van der Waals surface area contributed by atoms with Gasteiger partial charge in [-0.2, -0.15) is 0 Å². The Kier molecular flexibility index (Phi) is 9.15. The molecule has 282 valence electrons. The molecule has 1 nitrogen and oxygen atoms in total. The number of hydrogen-bond acceptors (Lipinski definition) is 1.